The van der Waals surface area contributed by atoms with Gasteiger partial charge in [-0.3, -0.25) is 10.1 Å². The molecule has 100 valence electrons. The molecule has 20 heavy (non-hydrogen) atoms. The summed E-state index contributed by atoms with van der Waals surface area (Å²) < 4.78 is 26.5. The lowest BCUT2D eigenvalue weighted by Gasteiger charge is -2.04. The van der Waals surface area contributed by atoms with Crippen LogP contribution in [0.4, 0.5) is 14.5 Å². The van der Waals surface area contributed by atoms with Crippen molar-refractivity contribution in [3.63, 3.8) is 0 Å². The fraction of sp³-hybridized carbons (Fsp3) is 0. The van der Waals surface area contributed by atoms with E-state index in [9.17, 15) is 18.9 Å². The molecule has 0 heterocycles. The maximum absolute atomic E-state index is 13.5. The van der Waals surface area contributed by atoms with Crippen molar-refractivity contribution in [3.05, 3.63) is 63.7 Å². The van der Waals surface area contributed by atoms with Crippen molar-refractivity contribution in [2.45, 2.75) is 9.79 Å². The van der Waals surface area contributed by atoms with Crippen LogP contribution >= 0.6 is 11.8 Å². The number of nitro benzene ring substituents is 1. The minimum Gasteiger partial charge on any atom is -0.258 e. The topological polar surface area (TPSA) is 66.9 Å². The van der Waals surface area contributed by atoms with Crippen LogP contribution in [0.2, 0.25) is 0 Å². The van der Waals surface area contributed by atoms with Gasteiger partial charge in [0.2, 0.25) is 0 Å². The second kappa shape index (κ2) is 5.67. The third-order valence-electron chi connectivity index (χ3n) is 2.41. The number of hydrogen-bond donors (Lipinski definition) is 0. The predicted octanol–water partition coefficient (Wildman–Crippen LogP) is 3.90. The summed E-state index contributed by atoms with van der Waals surface area (Å²) in [6, 6.07) is 8.56. The molecule has 2 rings (SSSR count). The van der Waals surface area contributed by atoms with Gasteiger partial charge in [0.1, 0.15) is 23.3 Å². The molecule has 2 aromatic carbocycles. The summed E-state index contributed by atoms with van der Waals surface area (Å²) in [5, 5.41) is 19.6. The average Bonchev–Trinajstić information content (AvgIpc) is 2.42. The van der Waals surface area contributed by atoms with Crippen molar-refractivity contribution in [1.82, 2.24) is 0 Å². The van der Waals surface area contributed by atoms with Crippen LogP contribution in [0.3, 0.4) is 0 Å². The highest BCUT2D eigenvalue weighted by atomic mass is 32.2. The Hall–Kier alpha value is -2.46. The van der Waals surface area contributed by atoms with Crippen LogP contribution in [0.1, 0.15) is 5.56 Å². The van der Waals surface area contributed by atoms with E-state index in [2.05, 4.69) is 0 Å². The molecule has 0 unspecified atom stereocenters. The quantitative estimate of drug-likeness (QED) is 0.635. The summed E-state index contributed by atoms with van der Waals surface area (Å²) >= 11 is 0.850. The van der Waals surface area contributed by atoms with E-state index in [0.29, 0.717) is 4.90 Å². The largest absolute Gasteiger partial charge is 0.288 e. The zero-order valence-corrected chi connectivity index (χ0v) is 10.7. The van der Waals surface area contributed by atoms with Gasteiger partial charge in [-0.2, -0.15) is 5.26 Å². The van der Waals surface area contributed by atoms with Crippen molar-refractivity contribution in [2.75, 3.05) is 0 Å². The van der Waals surface area contributed by atoms with Crippen molar-refractivity contribution < 1.29 is 13.7 Å². The molecule has 4 nitrogen and oxygen atoms in total. The summed E-state index contributed by atoms with van der Waals surface area (Å²) in [7, 11) is 0. The van der Waals surface area contributed by atoms with Gasteiger partial charge in [0.25, 0.3) is 5.69 Å². The van der Waals surface area contributed by atoms with Gasteiger partial charge < -0.3 is 0 Å². The van der Waals surface area contributed by atoms with Crippen LogP contribution in [0.25, 0.3) is 0 Å². The highest BCUT2D eigenvalue weighted by Gasteiger charge is 2.15. The molecule has 0 saturated heterocycles. The van der Waals surface area contributed by atoms with Gasteiger partial charge >= 0.3 is 0 Å². The molecule has 0 aliphatic rings. The Kier molecular flexibility index (Phi) is 3.96. The SMILES string of the molecule is N#Cc1ccc(Sc2cc(F)ccc2F)cc1[N+](=O)[O-]. The Bertz CT molecular complexity index is 729. The van der Waals surface area contributed by atoms with Crippen LogP contribution < -0.4 is 0 Å². The molecule has 0 aromatic heterocycles. The van der Waals surface area contributed by atoms with Gasteiger partial charge in [-0.1, -0.05) is 11.8 Å². The molecule has 0 bridgehead atoms. The van der Waals surface area contributed by atoms with E-state index in [1.54, 1.807) is 6.07 Å². The Morgan fingerprint density at radius 1 is 1.20 bits per heavy atom. The fourth-order valence-corrected chi connectivity index (χ4v) is 2.40. The molecular weight excluding hydrogens is 286 g/mol. The van der Waals surface area contributed by atoms with Gasteiger partial charge in [0.05, 0.1) is 9.82 Å². The van der Waals surface area contributed by atoms with Crippen molar-refractivity contribution in [1.29, 1.82) is 5.26 Å². The summed E-state index contributed by atoms with van der Waals surface area (Å²) in [4.78, 5) is 10.5. The molecule has 0 N–H and O–H groups in total. The molecule has 0 fully saturated rings. The zero-order chi connectivity index (χ0) is 14.7. The highest BCUT2D eigenvalue weighted by molar-refractivity contribution is 7.99. The molecule has 0 amide bonds. The third-order valence-corrected chi connectivity index (χ3v) is 3.43. The molecule has 0 radical (unpaired) electrons. The minimum atomic E-state index is -0.690. The Morgan fingerprint density at radius 3 is 2.60 bits per heavy atom. The summed E-state index contributed by atoms with van der Waals surface area (Å²) in [6.07, 6.45) is 0. The Labute approximate surface area is 116 Å². The maximum atomic E-state index is 13.5. The molecule has 0 aliphatic carbocycles. The molecule has 2 aromatic rings. The second-order valence-electron chi connectivity index (χ2n) is 3.72. The van der Waals surface area contributed by atoms with Crippen molar-refractivity contribution in [3.8, 4) is 6.07 Å². The average molecular weight is 292 g/mol. The maximum Gasteiger partial charge on any atom is 0.288 e. The van der Waals surface area contributed by atoms with Crippen LogP contribution in [0, 0.1) is 33.1 Å². The smallest absolute Gasteiger partial charge is 0.258 e. The molecule has 0 saturated carbocycles. The van der Waals surface area contributed by atoms with Gasteiger partial charge in [-0.05, 0) is 30.3 Å². The standard InChI is InChI=1S/C13H6F2N2O2S/c14-9-2-4-11(15)13(5-9)20-10-3-1-8(7-16)12(6-10)17(18)19/h1-6H. The van der Waals surface area contributed by atoms with E-state index in [0.717, 1.165) is 36.0 Å². The molecule has 0 aliphatic heterocycles. The summed E-state index contributed by atoms with van der Waals surface area (Å²) in [6.45, 7) is 0. The van der Waals surface area contributed by atoms with E-state index in [1.165, 1.54) is 12.1 Å². The van der Waals surface area contributed by atoms with Crippen LogP contribution in [0.15, 0.2) is 46.2 Å². The second-order valence-corrected chi connectivity index (χ2v) is 4.84. The van der Waals surface area contributed by atoms with Crippen molar-refractivity contribution >= 4 is 17.4 Å². The van der Waals surface area contributed by atoms with Gasteiger partial charge in [-0.25, -0.2) is 8.78 Å². The van der Waals surface area contributed by atoms with E-state index in [4.69, 9.17) is 5.26 Å². The first-order chi connectivity index (χ1) is 9.51. The van der Waals surface area contributed by atoms with Crippen molar-refractivity contribution in [2.24, 2.45) is 0 Å². The summed E-state index contributed by atoms with van der Waals surface area (Å²) in [5.41, 5.74) is -0.451. The number of benzene rings is 2. The van der Waals surface area contributed by atoms with Crippen LogP contribution in [-0.2, 0) is 0 Å². The Balaban J connectivity index is 2.40. The van der Waals surface area contributed by atoms with E-state index in [-0.39, 0.29) is 16.1 Å². The number of halogens is 2. The lowest BCUT2D eigenvalue weighted by Crippen LogP contribution is -1.92. The summed E-state index contributed by atoms with van der Waals surface area (Å²) in [5.74, 6) is -1.22. The monoisotopic (exact) mass is 292 g/mol. The van der Waals surface area contributed by atoms with Gasteiger partial charge in [0, 0.05) is 11.0 Å². The van der Waals surface area contributed by atoms with E-state index < -0.39 is 16.6 Å². The number of nitriles is 1. The fourth-order valence-electron chi connectivity index (χ4n) is 1.50. The lowest BCUT2D eigenvalue weighted by atomic mass is 10.2. The van der Waals surface area contributed by atoms with Gasteiger partial charge in [-0.15, -0.1) is 0 Å². The molecular formula is C13H6F2N2O2S. The lowest BCUT2D eigenvalue weighted by molar-refractivity contribution is -0.385. The third kappa shape index (κ3) is 2.92. The zero-order valence-electron chi connectivity index (χ0n) is 9.84. The normalized spacial score (nSPS) is 10.1. The predicted molar refractivity (Wildman–Crippen MR) is 68.3 cm³/mol. The number of rotatable bonds is 3. The first-order valence-electron chi connectivity index (χ1n) is 5.32. The number of hydrogen-bond acceptors (Lipinski definition) is 4. The first-order valence-corrected chi connectivity index (χ1v) is 6.14. The van der Waals surface area contributed by atoms with E-state index >= 15 is 0 Å². The number of nitro groups is 1. The van der Waals surface area contributed by atoms with Crippen LogP contribution in [-0.4, -0.2) is 4.92 Å². The molecule has 7 heteroatoms. The Morgan fingerprint density at radius 2 is 1.95 bits per heavy atom. The molecule has 0 spiro atoms. The van der Waals surface area contributed by atoms with Gasteiger partial charge in [0.15, 0.2) is 0 Å². The molecule has 0 atom stereocenters. The highest BCUT2D eigenvalue weighted by Crippen LogP contribution is 2.33. The van der Waals surface area contributed by atoms with E-state index in [1.807, 2.05) is 0 Å². The van der Waals surface area contributed by atoms with Crippen LogP contribution in [0.5, 0.6) is 0 Å². The minimum absolute atomic E-state index is 0.0176. The number of nitrogens with zero attached hydrogens (tertiary/aromatic N) is 2. The first kappa shape index (κ1) is 14.0.